The van der Waals surface area contributed by atoms with Gasteiger partial charge in [0.15, 0.2) is 0 Å². The van der Waals surface area contributed by atoms with E-state index in [-0.39, 0.29) is 11.3 Å². The average molecular weight is 425 g/mol. The fraction of sp³-hybridized carbons (Fsp3) is 0.259. The van der Waals surface area contributed by atoms with E-state index < -0.39 is 0 Å². The summed E-state index contributed by atoms with van der Waals surface area (Å²) < 4.78 is 4.07. The molecule has 0 aliphatic carbocycles. The highest BCUT2D eigenvalue weighted by atomic mass is 16.2. The van der Waals surface area contributed by atoms with Crippen molar-refractivity contribution in [2.24, 2.45) is 0 Å². The van der Waals surface area contributed by atoms with Crippen molar-refractivity contribution in [2.75, 3.05) is 0 Å². The second-order valence-corrected chi connectivity index (χ2v) is 9.58. The summed E-state index contributed by atoms with van der Waals surface area (Å²) >= 11 is 0. The molecule has 0 saturated heterocycles. The summed E-state index contributed by atoms with van der Waals surface area (Å²) in [4.78, 5) is 15.1. The number of carbonyl (C=O) groups excluding carboxylic acids is 1. The minimum atomic E-state index is 0.0452. The van der Waals surface area contributed by atoms with Gasteiger partial charge in [-0.25, -0.2) is 4.68 Å². The number of aromatic nitrogens is 3. The molecule has 0 spiro atoms. The largest absolute Gasteiger partial charge is 0.328 e. The van der Waals surface area contributed by atoms with Gasteiger partial charge in [0.1, 0.15) is 5.82 Å². The van der Waals surface area contributed by atoms with E-state index in [9.17, 15) is 4.79 Å². The molecule has 2 aromatic carbocycles. The number of nitrogens with zero attached hydrogens (tertiary/aromatic N) is 4. The summed E-state index contributed by atoms with van der Waals surface area (Å²) in [7, 11) is 0. The Hall–Kier alpha value is -3.60. The van der Waals surface area contributed by atoms with Gasteiger partial charge in [-0.3, -0.25) is 4.79 Å². The predicted octanol–water partition coefficient (Wildman–Crippen LogP) is 5.42. The van der Waals surface area contributed by atoms with Gasteiger partial charge in [0.05, 0.1) is 24.5 Å². The molecule has 0 unspecified atom stereocenters. The standard InChI is InChI=1S/C27H28N4O/c1-19-7-13-22(14-8-19)31-25(29-15-5-6-16-29)23-17-30(18-24(23)28-31)26(32)20-9-11-21(12-10-20)27(2,3)4/h5-16H,17-18H2,1-4H3. The smallest absolute Gasteiger partial charge is 0.254 e. The molecule has 1 aliphatic rings. The number of hydrogen-bond donors (Lipinski definition) is 0. The van der Waals surface area contributed by atoms with Crippen LogP contribution in [0.25, 0.3) is 11.5 Å². The summed E-state index contributed by atoms with van der Waals surface area (Å²) in [5.74, 6) is 1.04. The van der Waals surface area contributed by atoms with Gasteiger partial charge in [-0.1, -0.05) is 50.6 Å². The molecule has 0 fully saturated rings. The lowest BCUT2D eigenvalue weighted by Crippen LogP contribution is -2.26. The first-order valence-corrected chi connectivity index (χ1v) is 11.0. The van der Waals surface area contributed by atoms with Gasteiger partial charge in [0.2, 0.25) is 0 Å². The zero-order chi connectivity index (χ0) is 22.5. The van der Waals surface area contributed by atoms with Crippen LogP contribution in [0.3, 0.4) is 0 Å². The maximum Gasteiger partial charge on any atom is 0.254 e. The zero-order valence-electron chi connectivity index (χ0n) is 19.0. The van der Waals surface area contributed by atoms with Crippen LogP contribution < -0.4 is 0 Å². The van der Waals surface area contributed by atoms with Crippen molar-refractivity contribution in [1.29, 1.82) is 0 Å². The molecule has 0 saturated carbocycles. The van der Waals surface area contributed by atoms with E-state index in [2.05, 4.69) is 68.7 Å². The van der Waals surface area contributed by atoms with Crippen LogP contribution in [0.15, 0.2) is 73.1 Å². The molecule has 5 heteroatoms. The topological polar surface area (TPSA) is 43.1 Å². The first-order chi connectivity index (χ1) is 15.3. The number of rotatable bonds is 3. The molecular weight excluding hydrogens is 396 g/mol. The molecule has 5 rings (SSSR count). The Morgan fingerprint density at radius 2 is 1.56 bits per heavy atom. The Kier molecular flexibility index (Phi) is 4.77. The highest BCUT2D eigenvalue weighted by Gasteiger charge is 2.32. The van der Waals surface area contributed by atoms with Gasteiger partial charge >= 0.3 is 0 Å². The number of hydrogen-bond acceptors (Lipinski definition) is 2. The van der Waals surface area contributed by atoms with Crippen molar-refractivity contribution in [3.63, 3.8) is 0 Å². The third kappa shape index (κ3) is 3.54. The van der Waals surface area contributed by atoms with Crippen molar-refractivity contribution in [2.45, 2.75) is 46.2 Å². The Labute approximate surface area is 188 Å². The average Bonchev–Trinajstić information content (AvgIpc) is 3.49. The maximum absolute atomic E-state index is 13.2. The summed E-state index contributed by atoms with van der Waals surface area (Å²) in [5.41, 5.74) is 6.29. The first kappa shape index (κ1) is 20.3. The Balaban J connectivity index is 1.47. The molecule has 1 aliphatic heterocycles. The zero-order valence-corrected chi connectivity index (χ0v) is 19.0. The molecule has 1 amide bonds. The van der Waals surface area contributed by atoms with E-state index in [0.717, 1.165) is 28.3 Å². The minimum Gasteiger partial charge on any atom is -0.328 e. The van der Waals surface area contributed by atoms with E-state index in [4.69, 9.17) is 5.10 Å². The second-order valence-electron chi connectivity index (χ2n) is 9.58. The van der Waals surface area contributed by atoms with Crippen LogP contribution in [-0.4, -0.2) is 25.2 Å². The number of fused-ring (bicyclic) bond motifs is 1. The van der Waals surface area contributed by atoms with Crippen LogP contribution in [0.1, 0.15) is 53.5 Å². The molecule has 162 valence electrons. The monoisotopic (exact) mass is 424 g/mol. The highest BCUT2D eigenvalue weighted by molar-refractivity contribution is 5.94. The molecule has 0 radical (unpaired) electrons. The molecule has 32 heavy (non-hydrogen) atoms. The van der Waals surface area contributed by atoms with Crippen LogP contribution >= 0.6 is 0 Å². The third-order valence-electron chi connectivity index (χ3n) is 6.14. The predicted molar refractivity (Wildman–Crippen MR) is 126 cm³/mol. The molecule has 4 aromatic rings. The fourth-order valence-corrected chi connectivity index (χ4v) is 4.25. The van der Waals surface area contributed by atoms with Gasteiger partial charge in [-0.05, 0) is 54.3 Å². The Morgan fingerprint density at radius 1 is 0.906 bits per heavy atom. The van der Waals surface area contributed by atoms with Gasteiger partial charge in [0, 0.05) is 23.5 Å². The van der Waals surface area contributed by atoms with E-state index in [0.29, 0.717) is 13.1 Å². The van der Waals surface area contributed by atoms with Crippen molar-refractivity contribution >= 4 is 5.91 Å². The van der Waals surface area contributed by atoms with E-state index >= 15 is 0 Å². The van der Waals surface area contributed by atoms with E-state index in [1.54, 1.807) is 0 Å². The molecule has 3 heterocycles. The second kappa shape index (κ2) is 7.52. The fourth-order valence-electron chi connectivity index (χ4n) is 4.25. The van der Waals surface area contributed by atoms with Crippen molar-refractivity contribution in [1.82, 2.24) is 19.2 Å². The lowest BCUT2D eigenvalue weighted by molar-refractivity contribution is 0.0749. The maximum atomic E-state index is 13.2. The summed E-state index contributed by atoms with van der Waals surface area (Å²) in [5, 5.41) is 4.92. The van der Waals surface area contributed by atoms with Crippen molar-refractivity contribution in [3.05, 3.63) is 101 Å². The number of aryl methyl sites for hydroxylation is 1. The molecule has 0 atom stereocenters. The Bertz CT molecular complexity index is 1260. The molecule has 0 N–H and O–H groups in total. The van der Waals surface area contributed by atoms with Crippen LogP contribution in [0, 0.1) is 6.92 Å². The van der Waals surface area contributed by atoms with Crippen LogP contribution in [0.5, 0.6) is 0 Å². The minimum absolute atomic E-state index is 0.0452. The third-order valence-corrected chi connectivity index (χ3v) is 6.14. The number of amides is 1. The Morgan fingerprint density at radius 3 is 2.19 bits per heavy atom. The normalized spacial score (nSPS) is 13.4. The number of benzene rings is 2. The van der Waals surface area contributed by atoms with E-state index in [1.165, 1.54) is 11.1 Å². The first-order valence-electron chi connectivity index (χ1n) is 11.0. The highest BCUT2D eigenvalue weighted by Crippen LogP contribution is 2.32. The van der Waals surface area contributed by atoms with Crippen molar-refractivity contribution in [3.8, 4) is 11.5 Å². The molecule has 2 aromatic heterocycles. The van der Waals surface area contributed by atoms with Crippen LogP contribution in [-0.2, 0) is 18.5 Å². The molecule has 0 bridgehead atoms. The lowest BCUT2D eigenvalue weighted by atomic mass is 9.86. The quantitative estimate of drug-likeness (QED) is 0.440. The van der Waals surface area contributed by atoms with Crippen LogP contribution in [0.4, 0.5) is 0 Å². The lowest BCUT2D eigenvalue weighted by Gasteiger charge is -2.20. The summed E-state index contributed by atoms with van der Waals surface area (Å²) in [6.07, 6.45) is 4.05. The van der Waals surface area contributed by atoms with Gasteiger partial charge in [0.25, 0.3) is 5.91 Å². The summed E-state index contributed by atoms with van der Waals surface area (Å²) in [6, 6.07) is 20.4. The summed E-state index contributed by atoms with van der Waals surface area (Å²) in [6.45, 7) is 9.68. The van der Waals surface area contributed by atoms with Crippen molar-refractivity contribution < 1.29 is 4.79 Å². The van der Waals surface area contributed by atoms with Gasteiger partial charge < -0.3 is 9.47 Å². The van der Waals surface area contributed by atoms with Crippen LogP contribution in [0.2, 0.25) is 0 Å². The molecule has 5 nitrogen and oxygen atoms in total. The molecular formula is C27H28N4O. The van der Waals surface area contributed by atoms with Gasteiger partial charge in [-0.2, -0.15) is 5.10 Å². The van der Waals surface area contributed by atoms with E-state index in [1.807, 2.05) is 46.2 Å². The van der Waals surface area contributed by atoms with Gasteiger partial charge in [-0.15, -0.1) is 0 Å². The SMILES string of the molecule is Cc1ccc(-n2nc3c(c2-n2cccc2)CN(C(=O)c2ccc(C(C)(C)C)cc2)C3)cc1. The number of carbonyl (C=O) groups is 1.